The lowest BCUT2D eigenvalue weighted by Crippen LogP contribution is -2.00. The maximum absolute atomic E-state index is 10.8. The zero-order valence-electron chi connectivity index (χ0n) is 6.24. The number of hydrogen-bond donors (Lipinski definition) is 2. The van der Waals surface area contributed by atoms with Crippen LogP contribution in [0.4, 0.5) is 17.1 Å². The van der Waals surface area contributed by atoms with Crippen LogP contribution in [0.2, 0.25) is 0 Å². The molecule has 0 radical (unpaired) electrons. The highest BCUT2D eigenvalue weighted by molar-refractivity contribution is 5.73. The van der Waals surface area contributed by atoms with Crippen molar-refractivity contribution in [2.75, 3.05) is 18.5 Å². The molecule has 0 saturated heterocycles. The van der Waals surface area contributed by atoms with E-state index in [4.69, 9.17) is 11.5 Å². The molecule has 0 heterocycles. The molecular formula is C7H10N3O+. The van der Waals surface area contributed by atoms with Crippen LogP contribution in [0.3, 0.4) is 0 Å². The summed E-state index contributed by atoms with van der Waals surface area (Å²) >= 11 is 0. The fourth-order valence-electron chi connectivity index (χ4n) is 0.845. The molecule has 0 bridgehead atoms. The Labute approximate surface area is 64.4 Å². The lowest BCUT2D eigenvalue weighted by atomic mass is 10.2. The average molecular weight is 152 g/mol. The Bertz CT molecular complexity index is 296. The second-order valence-corrected chi connectivity index (χ2v) is 2.28. The van der Waals surface area contributed by atoms with E-state index in [0.717, 1.165) is 0 Å². The van der Waals surface area contributed by atoms with Crippen LogP contribution in [0.15, 0.2) is 18.2 Å². The molecule has 1 aromatic rings. The molecule has 0 aliphatic rings. The molecule has 0 atom stereocenters. The van der Waals surface area contributed by atoms with Gasteiger partial charge < -0.3 is 11.5 Å². The number of nitrogen functional groups attached to an aromatic ring is 2. The number of anilines is 2. The van der Waals surface area contributed by atoms with Crippen LogP contribution >= 0.6 is 0 Å². The average Bonchev–Trinajstić information content (AvgIpc) is 1.94. The molecule has 0 spiro atoms. The zero-order valence-corrected chi connectivity index (χ0v) is 6.24. The van der Waals surface area contributed by atoms with Crippen LogP contribution in [0.5, 0.6) is 0 Å². The van der Waals surface area contributed by atoms with E-state index in [1.54, 1.807) is 18.2 Å². The first-order chi connectivity index (χ1) is 5.13. The molecule has 1 aromatic carbocycles. The first-order valence-corrected chi connectivity index (χ1v) is 3.17. The van der Waals surface area contributed by atoms with E-state index in [1.165, 1.54) is 7.05 Å². The quantitative estimate of drug-likeness (QED) is 0.463. The van der Waals surface area contributed by atoms with Crippen molar-refractivity contribution in [3.05, 3.63) is 23.1 Å². The van der Waals surface area contributed by atoms with E-state index >= 15 is 0 Å². The van der Waals surface area contributed by atoms with E-state index in [-0.39, 0.29) is 0 Å². The molecule has 0 fully saturated rings. The molecule has 0 aliphatic carbocycles. The highest BCUT2D eigenvalue weighted by atomic mass is 16.3. The summed E-state index contributed by atoms with van der Waals surface area (Å²) in [5.74, 6) is 0. The Morgan fingerprint density at radius 2 is 2.00 bits per heavy atom. The molecule has 0 amide bonds. The van der Waals surface area contributed by atoms with Crippen LogP contribution in [0.1, 0.15) is 0 Å². The maximum atomic E-state index is 10.8. The summed E-state index contributed by atoms with van der Waals surface area (Å²) in [6, 6.07) is 4.97. The normalized spacial score (nSPS) is 9.55. The van der Waals surface area contributed by atoms with Gasteiger partial charge in [-0.25, -0.2) is 0 Å². The van der Waals surface area contributed by atoms with Crippen LogP contribution in [0.25, 0.3) is 0 Å². The van der Waals surface area contributed by atoms with Crippen molar-refractivity contribution in [3.8, 4) is 0 Å². The first kappa shape index (κ1) is 7.53. The number of rotatable bonds is 1. The van der Waals surface area contributed by atoms with Gasteiger partial charge in [0.25, 0.3) is 5.69 Å². The van der Waals surface area contributed by atoms with Crippen molar-refractivity contribution in [3.63, 3.8) is 0 Å². The Morgan fingerprint density at radius 1 is 1.36 bits per heavy atom. The van der Waals surface area contributed by atoms with E-state index < -0.39 is 0 Å². The molecule has 4 nitrogen and oxygen atoms in total. The second kappa shape index (κ2) is 2.57. The third-order valence-corrected chi connectivity index (χ3v) is 1.46. The number of para-hydroxylation sites is 1. The van der Waals surface area contributed by atoms with Gasteiger partial charge in [-0.05, 0) is 6.07 Å². The number of hydrogen-bond acceptors (Lipinski definition) is 3. The van der Waals surface area contributed by atoms with Gasteiger partial charge in [-0.1, -0.05) is 6.07 Å². The molecule has 0 unspecified atom stereocenters. The highest BCUT2D eigenvalue weighted by Gasteiger charge is 2.12. The minimum atomic E-state index is 0.338. The molecule has 0 aliphatic heterocycles. The molecule has 1 rings (SSSR count). The van der Waals surface area contributed by atoms with Crippen molar-refractivity contribution >= 4 is 17.1 Å². The fourth-order valence-corrected chi connectivity index (χ4v) is 0.845. The Morgan fingerprint density at radius 3 is 2.45 bits per heavy atom. The SMILES string of the molecule is C[N+](=O)c1cccc(N)c1N. The van der Waals surface area contributed by atoms with Gasteiger partial charge in [-0.15, -0.1) is 0 Å². The lowest BCUT2D eigenvalue weighted by molar-refractivity contribution is -0.427. The Kier molecular flexibility index (Phi) is 1.76. The third-order valence-electron chi connectivity index (χ3n) is 1.46. The summed E-state index contributed by atoms with van der Waals surface area (Å²) in [6.45, 7) is 0. The highest BCUT2D eigenvalue weighted by Crippen LogP contribution is 2.25. The van der Waals surface area contributed by atoms with Gasteiger partial charge in [0.05, 0.1) is 5.69 Å². The van der Waals surface area contributed by atoms with Crippen LogP contribution in [-0.4, -0.2) is 11.8 Å². The smallest absolute Gasteiger partial charge is 0.280 e. The summed E-state index contributed by atoms with van der Waals surface area (Å²) in [5.41, 5.74) is 12.2. The van der Waals surface area contributed by atoms with Crippen LogP contribution in [-0.2, 0) is 0 Å². The molecular weight excluding hydrogens is 142 g/mol. The van der Waals surface area contributed by atoms with Crippen molar-refractivity contribution < 1.29 is 4.76 Å². The number of benzene rings is 1. The fraction of sp³-hybridized carbons (Fsp3) is 0.143. The lowest BCUT2D eigenvalue weighted by Gasteiger charge is -1.97. The van der Waals surface area contributed by atoms with E-state index in [2.05, 4.69) is 0 Å². The van der Waals surface area contributed by atoms with Gasteiger partial charge in [0.2, 0.25) is 0 Å². The Hall–Kier alpha value is -1.58. The Balaban J connectivity index is 3.27. The van der Waals surface area contributed by atoms with Gasteiger partial charge in [0.1, 0.15) is 5.69 Å². The summed E-state index contributed by atoms with van der Waals surface area (Å²) in [7, 11) is 1.38. The number of nitroso groups, excluding NO2 is 1. The minimum Gasteiger partial charge on any atom is -0.397 e. The predicted molar refractivity (Wildman–Crippen MR) is 44.5 cm³/mol. The van der Waals surface area contributed by atoms with Gasteiger partial charge in [0.15, 0.2) is 7.05 Å². The second-order valence-electron chi connectivity index (χ2n) is 2.28. The molecule has 0 saturated carbocycles. The van der Waals surface area contributed by atoms with E-state index in [0.29, 0.717) is 21.8 Å². The zero-order chi connectivity index (χ0) is 8.43. The molecule has 4 N–H and O–H groups in total. The van der Waals surface area contributed by atoms with Gasteiger partial charge in [0, 0.05) is 15.7 Å². The number of nitrogens with two attached hydrogens (primary N) is 2. The van der Waals surface area contributed by atoms with Crippen LogP contribution < -0.4 is 11.5 Å². The summed E-state index contributed by atoms with van der Waals surface area (Å²) < 4.78 is 0.686. The van der Waals surface area contributed by atoms with Crippen molar-refractivity contribution in [1.29, 1.82) is 0 Å². The standard InChI is InChI=1S/C7H10N3O/c1-10(11)6-4-2-3-5(8)7(6)9/h2-4H,8-9H2,1H3/q+1. The maximum Gasteiger partial charge on any atom is 0.280 e. The van der Waals surface area contributed by atoms with E-state index in [1.807, 2.05) is 0 Å². The molecule has 0 aromatic heterocycles. The van der Waals surface area contributed by atoms with Crippen molar-refractivity contribution in [2.45, 2.75) is 0 Å². The molecule has 11 heavy (non-hydrogen) atoms. The van der Waals surface area contributed by atoms with Crippen molar-refractivity contribution in [1.82, 2.24) is 0 Å². The first-order valence-electron chi connectivity index (χ1n) is 3.17. The topological polar surface area (TPSA) is 72.1 Å². The predicted octanol–water partition coefficient (Wildman–Crippen LogP) is 0.891. The summed E-state index contributed by atoms with van der Waals surface area (Å²) in [4.78, 5) is 10.8. The molecule has 58 valence electrons. The van der Waals surface area contributed by atoms with Crippen molar-refractivity contribution in [2.24, 2.45) is 0 Å². The monoisotopic (exact) mass is 152 g/mol. The molecule has 4 heteroatoms. The summed E-state index contributed by atoms with van der Waals surface area (Å²) in [6.07, 6.45) is 0. The van der Waals surface area contributed by atoms with Crippen LogP contribution in [0, 0.1) is 4.91 Å². The minimum absolute atomic E-state index is 0.338. The van der Waals surface area contributed by atoms with E-state index in [9.17, 15) is 4.91 Å². The third kappa shape index (κ3) is 1.29. The van der Waals surface area contributed by atoms with Gasteiger partial charge >= 0.3 is 0 Å². The largest absolute Gasteiger partial charge is 0.397 e. The number of nitrogens with zero attached hydrogens (tertiary/aromatic N) is 1. The van der Waals surface area contributed by atoms with Gasteiger partial charge in [-0.3, -0.25) is 0 Å². The summed E-state index contributed by atoms with van der Waals surface area (Å²) in [5, 5.41) is 0. The van der Waals surface area contributed by atoms with Gasteiger partial charge in [-0.2, -0.15) is 0 Å².